The lowest BCUT2D eigenvalue weighted by molar-refractivity contribution is 0.233. The van der Waals surface area contributed by atoms with Crippen molar-refractivity contribution in [2.24, 2.45) is 0 Å². The monoisotopic (exact) mass is 162 g/mol. The zero-order valence-electron chi connectivity index (χ0n) is 7.36. The van der Waals surface area contributed by atoms with Crippen molar-refractivity contribution < 1.29 is 4.74 Å². The molecule has 64 valence electrons. The summed E-state index contributed by atoms with van der Waals surface area (Å²) in [5, 5.41) is 0. The number of benzene rings is 1. The van der Waals surface area contributed by atoms with E-state index in [0.29, 0.717) is 6.61 Å². The van der Waals surface area contributed by atoms with E-state index in [9.17, 15) is 0 Å². The third-order valence-electron chi connectivity index (χ3n) is 1.63. The minimum Gasteiger partial charge on any atom is -0.381 e. The van der Waals surface area contributed by atoms with Gasteiger partial charge in [-0.2, -0.15) is 0 Å². The number of allylic oxidation sites excluding steroid dienone is 1. The maximum atomic E-state index is 4.89. The molecule has 0 radical (unpaired) electrons. The molecule has 1 rings (SSSR count). The molecule has 0 N–H and O–H groups in total. The largest absolute Gasteiger partial charge is 0.381 e. The van der Waals surface area contributed by atoms with Gasteiger partial charge in [0.25, 0.3) is 0 Å². The summed E-state index contributed by atoms with van der Waals surface area (Å²) in [6, 6.07) is 10.4. The van der Waals surface area contributed by atoms with E-state index in [1.54, 1.807) is 7.11 Å². The molecule has 0 amide bonds. The molecule has 0 aliphatic rings. The van der Waals surface area contributed by atoms with Gasteiger partial charge in [0.2, 0.25) is 0 Å². The van der Waals surface area contributed by atoms with Crippen LogP contribution in [0.2, 0.25) is 0 Å². The number of rotatable bonds is 4. The van der Waals surface area contributed by atoms with Crippen molar-refractivity contribution >= 4 is 0 Å². The van der Waals surface area contributed by atoms with E-state index >= 15 is 0 Å². The molecule has 0 saturated heterocycles. The predicted octanol–water partition coefficient (Wildman–Crippen LogP) is 2.43. The van der Waals surface area contributed by atoms with Gasteiger partial charge in [-0.05, 0) is 12.0 Å². The average Bonchev–Trinajstić information content (AvgIpc) is 2.14. The van der Waals surface area contributed by atoms with E-state index < -0.39 is 0 Å². The summed E-state index contributed by atoms with van der Waals surface area (Å²) in [5.74, 6) is 0. The lowest BCUT2D eigenvalue weighted by Crippen LogP contribution is -1.83. The van der Waals surface area contributed by atoms with Gasteiger partial charge in [-0.1, -0.05) is 42.5 Å². The topological polar surface area (TPSA) is 9.23 Å². The van der Waals surface area contributed by atoms with Gasteiger partial charge >= 0.3 is 0 Å². The molecule has 0 aliphatic heterocycles. The molecule has 0 heterocycles. The number of methoxy groups -OCH3 is 1. The van der Waals surface area contributed by atoms with Crippen LogP contribution in [-0.4, -0.2) is 13.7 Å². The fraction of sp³-hybridized carbons (Fsp3) is 0.273. The maximum Gasteiger partial charge on any atom is 0.0643 e. The molecule has 1 aromatic carbocycles. The van der Waals surface area contributed by atoms with Crippen LogP contribution in [0.3, 0.4) is 0 Å². The molecule has 0 bridgehead atoms. The number of hydrogen-bond acceptors (Lipinski definition) is 1. The highest BCUT2D eigenvalue weighted by Crippen LogP contribution is 1.99. The maximum absolute atomic E-state index is 4.89. The molecule has 0 unspecified atom stereocenters. The summed E-state index contributed by atoms with van der Waals surface area (Å²) < 4.78 is 4.89. The van der Waals surface area contributed by atoms with Gasteiger partial charge in [0.05, 0.1) is 6.61 Å². The van der Waals surface area contributed by atoms with Crippen molar-refractivity contribution in [1.29, 1.82) is 0 Å². The molecule has 0 atom stereocenters. The summed E-state index contributed by atoms with van der Waals surface area (Å²) in [7, 11) is 1.70. The molecule has 12 heavy (non-hydrogen) atoms. The first-order valence-electron chi connectivity index (χ1n) is 4.11. The molecule has 1 nitrogen and oxygen atoms in total. The van der Waals surface area contributed by atoms with E-state index in [1.165, 1.54) is 5.56 Å². The molecule has 0 aliphatic carbocycles. The molecule has 0 fully saturated rings. The second-order valence-corrected chi connectivity index (χ2v) is 2.62. The molecule has 0 aromatic heterocycles. The molecule has 1 heteroatoms. The van der Waals surface area contributed by atoms with Crippen molar-refractivity contribution in [3.8, 4) is 0 Å². The van der Waals surface area contributed by atoms with Gasteiger partial charge in [-0.15, -0.1) is 0 Å². The Balaban J connectivity index is 2.33. The van der Waals surface area contributed by atoms with Crippen molar-refractivity contribution in [1.82, 2.24) is 0 Å². The van der Waals surface area contributed by atoms with Gasteiger partial charge < -0.3 is 4.74 Å². The molecule has 1 aromatic rings. The van der Waals surface area contributed by atoms with Crippen LogP contribution in [0, 0.1) is 0 Å². The zero-order valence-corrected chi connectivity index (χ0v) is 7.36. The minimum atomic E-state index is 0.701. The van der Waals surface area contributed by atoms with E-state index in [1.807, 2.05) is 12.1 Å². The SMILES string of the molecule is COC/C=C\Cc1ccccc1. The Kier molecular flexibility index (Phi) is 4.17. The first kappa shape index (κ1) is 9.01. The Bertz CT molecular complexity index is 226. The van der Waals surface area contributed by atoms with Crippen molar-refractivity contribution in [3.63, 3.8) is 0 Å². The number of hydrogen-bond donors (Lipinski definition) is 0. The fourth-order valence-electron chi connectivity index (χ4n) is 0.998. The van der Waals surface area contributed by atoms with Gasteiger partial charge in [-0.3, -0.25) is 0 Å². The standard InChI is InChI=1S/C11H14O/c1-12-10-6-5-9-11-7-3-2-4-8-11/h2-8H,9-10H2,1H3/b6-5-. The predicted molar refractivity (Wildman–Crippen MR) is 51.2 cm³/mol. The highest BCUT2D eigenvalue weighted by Gasteiger charge is 1.84. The van der Waals surface area contributed by atoms with Crippen LogP contribution in [0.1, 0.15) is 5.56 Å². The van der Waals surface area contributed by atoms with E-state index in [2.05, 4.69) is 30.3 Å². The first-order valence-corrected chi connectivity index (χ1v) is 4.11. The number of ether oxygens (including phenoxy) is 1. The highest BCUT2D eigenvalue weighted by atomic mass is 16.5. The van der Waals surface area contributed by atoms with Crippen molar-refractivity contribution in [2.75, 3.05) is 13.7 Å². The van der Waals surface area contributed by atoms with E-state index in [4.69, 9.17) is 4.74 Å². The second-order valence-electron chi connectivity index (χ2n) is 2.62. The highest BCUT2D eigenvalue weighted by molar-refractivity contribution is 5.17. The Hall–Kier alpha value is -1.08. The molecular formula is C11H14O. The average molecular weight is 162 g/mol. The van der Waals surface area contributed by atoms with Crippen LogP contribution in [0.15, 0.2) is 42.5 Å². The van der Waals surface area contributed by atoms with Crippen LogP contribution in [-0.2, 0) is 11.2 Å². The van der Waals surface area contributed by atoms with E-state index in [0.717, 1.165) is 6.42 Å². The quantitative estimate of drug-likeness (QED) is 0.618. The zero-order chi connectivity index (χ0) is 8.65. The van der Waals surface area contributed by atoms with Crippen LogP contribution >= 0.6 is 0 Å². The van der Waals surface area contributed by atoms with Gasteiger partial charge in [0.15, 0.2) is 0 Å². The van der Waals surface area contributed by atoms with Crippen LogP contribution < -0.4 is 0 Å². The Morgan fingerprint density at radius 3 is 2.58 bits per heavy atom. The van der Waals surface area contributed by atoms with Crippen LogP contribution in [0.5, 0.6) is 0 Å². The van der Waals surface area contributed by atoms with E-state index in [-0.39, 0.29) is 0 Å². The van der Waals surface area contributed by atoms with Gasteiger partial charge in [0, 0.05) is 7.11 Å². The molecular weight excluding hydrogens is 148 g/mol. The summed E-state index contributed by atoms with van der Waals surface area (Å²) in [5.41, 5.74) is 1.34. The van der Waals surface area contributed by atoms with Crippen molar-refractivity contribution in [2.45, 2.75) is 6.42 Å². The van der Waals surface area contributed by atoms with Crippen LogP contribution in [0.25, 0.3) is 0 Å². The van der Waals surface area contributed by atoms with Gasteiger partial charge in [0.1, 0.15) is 0 Å². The summed E-state index contributed by atoms with van der Waals surface area (Å²) in [6.45, 7) is 0.701. The second kappa shape index (κ2) is 5.56. The minimum absolute atomic E-state index is 0.701. The fourth-order valence-corrected chi connectivity index (χ4v) is 0.998. The Labute approximate surface area is 73.7 Å². The summed E-state index contributed by atoms with van der Waals surface area (Å²) in [6.07, 6.45) is 5.15. The third-order valence-corrected chi connectivity index (χ3v) is 1.63. The molecule has 0 saturated carbocycles. The summed E-state index contributed by atoms with van der Waals surface area (Å²) in [4.78, 5) is 0. The first-order chi connectivity index (χ1) is 5.93. The lowest BCUT2D eigenvalue weighted by atomic mass is 10.1. The lowest BCUT2D eigenvalue weighted by Gasteiger charge is -1.93. The molecule has 0 spiro atoms. The third kappa shape index (κ3) is 3.35. The Morgan fingerprint density at radius 2 is 1.92 bits per heavy atom. The van der Waals surface area contributed by atoms with Crippen molar-refractivity contribution in [3.05, 3.63) is 48.0 Å². The summed E-state index contributed by atoms with van der Waals surface area (Å²) >= 11 is 0. The Morgan fingerprint density at radius 1 is 1.17 bits per heavy atom. The van der Waals surface area contributed by atoms with Gasteiger partial charge in [-0.25, -0.2) is 0 Å². The smallest absolute Gasteiger partial charge is 0.0643 e. The van der Waals surface area contributed by atoms with Crippen LogP contribution in [0.4, 0.5) is 0 Å². The normalized spacial score (nSPS) is 10.8.